The summed E-state index contributed by atoms with van der Waals surface area (Å²) >= 11 is 0. The van der Waals surface area contributed by atoms with Crippen LogP contribution < -0.4 is 11.1 Å². The van der Waals surface area contributed by atoms with Crippen molar-refractivity contribution < 1.29 is 19.1 Å². The molecule has 1 amide bonds. The van der Waals surface area contributed by atoms with Gasteiger partial charge in [-0.3, -0.25) is 4.79 Å². The first kappa shape index (κ1) is 17.2. The Kier molecular flexibility index (Phi) is 6.59. The van der Waals surface area contributed by atoms with Crippen LogP contribution >= 0.6 is 12.4 Å². The van der Waals surface area contributed by atoms with Crippen molar-refractivity contribution in [3.63, 3.8) is 0 Å². The number of ether oxygens (including phenoxy) is 2. The molecule has 1 aliphatic heterocycles. The first-order valence-electron chi connectivity index (χ1n) is 5.66. The van der Waals surface area contributed by atoms with Gasteiger partial charge in [0.15, 0.2) is 0 Å². The number of carbonyl (C=O) groups is 2. The topological polar surface area (TPSA) is 90.7 Å². The first-order valence-corrected chi connectivity index (χ1v) is 5.66. The van der Waals surface area contributed by atoms with Gasteiger partial charge >= 0.3 is 5.97 Å². The lowest BCUT2D eigenvalue weighted by Crippen LogP contribution is -2.53. The maximum absolute atomic E-state index is 11.9. The van der Waals surface area contributed by atoms with Crippen molar-refractivity contribution in [3.8, 4) is 0 Å². The number of esters is 1. The molecule has 0 radical (unpaired) electrons. The molecule has 0 unspecified atom stereocenters. The van der Waals surface area contributed by atoms with E-state index >= 15 is 0 Å². The van der Waals surface area contributed by atoms with Crippen molar-refractivity contribution in [3.05, 3.63) is 0 Å². The van der Waals surface area contributed by atoms with E-state index in [9.17, 15) is 9.59 Å². The van der Waals surface area contributed by atoms with E-state index < -0.39 is 17.6 Å². The van der Waals surface area contributed by atoms with Crippen LogP contribution in [0.4, 0.5) is 0 Å². The molecular weight excluding hydrogens is 260 g/mol. The summed E-state index contributed by atoms with van der Waals surface area (Å²) in [7, 11) is 1.28. The molecule has 0 aliphatic carbocycles. The predicted octanol–water partition coefficient (Wildman–Crippen LogP) is -0.0177. The van der Waals surface area contributed by atoms with Gasteiger partial charge in [-0.15, -0.1) is 12.4 Å². The largest absolute Gasteiger partial charge is 0.467 e. The number of hydrogen-bond donors (Lipinski definition) is 2. The number of halogens is 1. The van der Waals surface area contributed by atoms with Gasteiger partial charge in [-0.2, -0.15) is 0 Å². The quantitative estimate of drug-likeness (QED) is 0.707. The fourth-order valence-corrected chi connectivity index (χ4v) is 1.77. The molecule has 106 valence electrons. The number of hydrogen-bond acceptors (Lipinski definition) is 5. The number of nitrogens with two attached hydrogens (primary N) is 1. The number of methoxy groups -OCH3 is 1. The molecule has 1 rings (SSSR count). The zero-order valence-electron chi connectivity index (χ0n) is 10.9. The van der Waals surface area contributed by atoms with Crippen molar-refractivity contribution in [2.45, 2.75) is 44.4 Å². The smallest absolute Gasteiger partial charge is 0.330 e. The number of rotatable bonds is 4. The molecule has 0 aromatic carbocycles. The molecule has 6 nitrogen and oxygen atoms in total. The van der Waals surface area contributed by atoms with Gasteiger partial charge in [0.05, 0.1) is 13.2 Å². The Labute approximate surface area is 113 Å². The molecule has 1 fully saturated rings. The summed E-state index contributed by atoms with van der Waals surface area (Å²) in [6, 6.07) is 0. The van der Waals surface area contributed by atoms with Crippen molar-refractivity contribution in [1.29, 1.82) is 0 Å². The second kappa shape index (κ2) is 6.92. The van der Waals surface area contributed by atoms with E-state index in [0.29, 0.717) is 13.0 Å². The summed E-state index contributed by atoms with van der Waals surface area (Å²) in [6.45, 7) is 3.59. The van der Waals surface area contributed by atoms with Crippen LogP contribution in [0.1, 0.15) is 26.7 Å². The second-order valence-corrected chi connectivity index (χ2v) is 4.67. The summed E-state index contributed by atoms with van der Waals surface area (Å²) in [4.78, 5) is 23.3. The highest BCUT2D eigenvalue weighted by molar-refractivity contribution is 5.89. The normalized spacial score (nSPS) is 23.1. The molecule has 0 saturated carbocycles. The Balaban J connectivity index is 0.00000289. The number of carbonyl (C=O) groups excluding carboxylic acids is 2. The van der Waals surface area contributed by atoms with Crippen LogP contribution in [0.3, 0.4) is 0 Å². The summed E-state index contributed by atoms with van der Waals surface area (Å²) in [6.07, 6.45) is 0.817. The van der Waals surface area contributed by atoms with Crippen molar-refractivity contribution in [2.24, 2.45) is 5.73 Å². The van der Waals surface area contributed by atoms with E-state index in [0.717, 1.165) is 6.42 Å². The molecular formula is C11H21ClN2O4. The zero-order chi connectivity index (χ0) is 13.1. The van der Waals surface area contributed by atoms with Gasteiger partial charge in [0, 0.05) is 6.54 Å². The Morgan fingerprint density at radius 1 is 1.44 bits per heavy atom. The Morgan fingerprint density at radius 3 is 2.50 bits per heavy atom. The minimum absolute atomic E-state index is 0. The van der Waals surface area contributed by atoms with Crippen molar-refractivity contribution >= 4 is 24.3 Å². The van der Waals surface area contributed by atoms with E-state index in [-0.39, 0.29) is 24.4 Å². The molecule has 18 heavy (non-hydrogen) atoms. The summed E-state index contributed by atoms with van der Waals surface area (Å²) in [5, 5.41) is 2.61. The van der Waals surface area contributed by atoms with Gasteiger partial charge in [-0.25, -0.2) is 4.79 Å². The minimum Gasteiger partial charge on any atom is -0.467 e. The maximum Gasteiger partial charge on any atom is 0.330 e. The first-order chi connectivity index (χ1) is 7.90. The highest BCUT2D eigenvalue weighted by Gasteiger charge is 2.36. The summed E-state index contributed by atoms with van der Waals surface area (Å²) in [5.74, 6) is -0.782. The number of nitrogens with one attached hydrogen (secondary N) is 1. The lowest BCUT2D eigenvalue weighted by atomic mass is 10.1. The Morgan fingerprint density at radius 2 is 2.06 bits per heavy atom. The second-order valence-electron chi connectivity index (χ2n) is 4.67. The van der Waals surface area contributed by atoms with E-state index in [1.807, 2.05) is 0 Å². The van der Waals surface area contributed by atoms with Gasteiger partial charge in [0.1, 0.15) is 11.6 Å². The molecule has 1 heterocycles. The van der Waals surface area contributed by atoms with Gasteiger partial charge in [0.25, 0.3) is 0 Å². The molecule has 1 saturated heterocycles. The van der Waals surface area contributed by atoms with Gasteiger partial charge < -0.3 is 20.5 Å². The molecule has 3 N–H and O–H groups in total. The fourth-order valence-electron chi connectivity index (χ4n) is 1.77. The van der Waals surface area contributed by atoms with E-state index in [2.05, 4.69) is 10.1 Å². The molecule has 1 aliphatic rings. The van der Waals surface area contributed by atoms with Crippen molar-refractivity contribution in [2.75, 3.05) is 13.7 Å². The Bertz CT molecular complexity index is 309. The highest BCUT2D eigenvalue weighted by atomic mass is 35.5. The van der Waals surface area contributed by atoms with E-state index in [4.69, 9.17) is 10.5 Å². The Hall–Kier alpha value is -0.850. The van der Waals surface area contributed by atoms with Crippen LogP contribution in [0.25, 0.3) is 0 Å². The van der Waals surface area contributed by atoms with Crippen molar-refractivity contribution in [1.82, 2.24) is 5.32 Å². The third kappa shape index (κ3) is 4.12. The van der Waals surface area contributed by atoms with Gasteiger partial charge in [-0.1, -0.05) is 0 Å². The average molecular weight is 281 g/mol. The summed E-state index contributed by atoms with van der Waals surface area (Å²) < 4.78 is 10.0. The lowest BCUT2D eigenvalue weighted by Gasteiger charge is -2.24. The van der Waals surface area contributed by atoms with Crippen LogP contribution in [0, 0.1) is 0 Å². The average Bonchev–Trinajstić information content (AvgIpc) is 2.75. The molecule has 0 bridgehead atoms. The minimum atomic E-state index is -1.05. The molecule has 0 aromatic rings. The van der Waals surface area contributed by atoms with Crippen LogP contribution in [-0.4, -0.2) is 43.3 Å². The van der Waals surface area contributed by atoms with Gasteiger partial charge in [-0.05, 0) is 26.7 Å². The molecule has 0 aromatic heterocycles. The lowest BCUT2D eigenvalue weighted by molar-refractivity contribution is -0.151. The number of amides is 1. The van der Waals surface area contributed by atoms with Crippen LogP contribution in [0.2, 0.25) is 0 Å². The van der Waals surface area contributed by atoms with Crippen LogP contribution in [0.5, 0.6) is 0 Å². The third-order valence-electron chi connectivity index (χ3n) is 2.79. The van der Waals surface area contributed by atoms with E-state index in [1.54, 1.807) is 13.8 Å². The van der Waals surface area contributed by atoms with Crippen LogP contribution in [-0.2, 0) is 19.1 Å². The third-order valence-corrected chi connectivity index (χ3v) is 2.79. The fraction of sp³-hybridized carbons (Fsp3) is 0.818. The molecule has 0 spiro atoms. The summed E-state index contributed by atoms with van der Waals surface area (Å²) in [5.41, 5.74) is 4.42. The molecule has 7 heteroatoms. The molecule has 2 atom stereocenters. The van der Waals surface area contributed by atoms with E-state index in [1.165, 1.54) is 7.11 Å². The standard InChI is InChI=1S/C11H20N2O4.ClH/c1-11(2,10(15)16-3)13-9(14)8-5-4-7(6-12)17-8;/h7-8H,4-6,12H2,1-3H3,(H,13,14);1H/t7-,8+;/m1./s1. The zero-order valence-corrected chi connectivity index (χ0v) is 11.7. The predicted molar refractivity (Wildman–Crippen MR) is 68.4 cm³/mol. The SMILES string of the molecule is COC(=O)C(C)(C)NC(=O)[C@@H]1CC[C@H](CN)O1.Cl. The van der Waals surface area contributed by atoms with Gasteiger partial charge in [0.2, 0.25) is 5.91 Å². The van der Waals surface area contributed by atoms with Crippen LogP contribution in [0.15, 0.2) is 0 Å². The maximum atomic E-state index is 11.9. The highest BCUT2D eigenvalue weighted by Crippen LogP contribution is 2.19. The monoisotopic (exact) mass is 280 g/mol.